The van der Waals surface area contributed by atoms with Gasteiger partial charge in [0.25, 0.3) is 0 Å². The molecule has 4 rings (SSSR count). The lowest BCUT2D eigenvalue weighted by atomic mass is 10.2. The number of nitrogens with zero attached hydrogens (tertiary/aromatic N) is 3. The van der Waals surface area contributed by atoms with E-state index >= 15 is 0 Å². The van der Waals surface area contributed by atoms with Crippen molar-refractivity contribution in [2.45, 2.75) is 13.5 Å². The Kier molecular flexibility index (Phi) is 6.13. The quantitative estimate of drug-likeness (QED) is 0.445. The van der Waals surface area contributed by atoms with Gasteiger partial charge in [-0.25, -0.2) is 14.8 Å². The summed E-state index contributed by atoms with van der Waals surface area (Å²) in [5.74, 6) is 0.452. The number of rotatable bonds is 6. The first kappa shape index (κ1) is 20.0. The fourth-order valence-electron chi connectivity index (χ4n) is 2.93. The molecule has 4 aromatic rings. The SMILES string of the molecule is Cc1ccc(NC(=O)OCc2ccccc2)cc1Nc1nccc(-c2cccnc2)n1. The monoisotopic (exact) mass is 411 g/mol. The maximum atomic E-state index is 12.2. The summed E-state index contributed by atoms with van der Waals surface area (Å²) in [6.45, 7) is 2.17. The van der Waals surface area contributed by atoms with Gasteiger partial charge >= 0.3 is 6.09 Å². The van der Waals surface area contributed by atoms with Crippen molar-refractivity contribution in [3.8, 4) is 11.3 Å². The maximum absolute atomic E-state index is 12.2. The highest BCUT2D eigenvalue weighted by Crippen LogP contribution is 2.24. The first-order valence-electron chi connectivity index (χ1n) is 9.76. The molecule has 0 aliphatic rings. The molecule has 2 aromatic heterocycles. The third-order valence-corrected chi connectivity index (χ3v) is 4.56. The van der Waals surface area contributed by atoms with Crippen LogP contribution in [0.1, 0.15) is 11.1 Å². The van der Waals surface area contributed by atoms with Crippen molar-refractivity contribution in [2.75, 3.05) is 10.6 Å². The summed E-state index contributed by atoms with van der Waals surface area (Å²) >= 11 is 0. The van der Waals surface area contributed by atoms with Crippen LogP contribution in [-0.4, -0.2) is 21.0 Å². The zero-order valence-electron chi connectivity index (χ0n) is 16.9. The van der Waals surface area contributed by atoms with E-state index in [9.17, 15) is 4.79 Å². The summed E-state index contributed by atoms with van der Waals surface area (Å²) in [5, 5.41) is 5.97. The van der Waals surface area contributed by atoms with E-state index in [1.54, 1.807) is 18.6 Å². The summed E-state index contributed by atoms with van der Waals surface area (Å²) in [6.07, 6.45) is 4.64. The molecule has 0 fully saturated rings. The number of aryl methyl sites for hydroxylation is 1. The second-order valence-corrected chi connectivity index (χ2v) is 6.85. The van der Waals surface area contributed by atoms with Gasteiger partial charge in [-0.3, -0.25) is 10.3 Å². The van der Waals surface area contributed by atoms with Crippen LogP contribution in [0.2, 0.25) is 0 Å². The van der Waals surface area contributed by atoms with Crippen molar-refractivity contribution in [2.24, 2.45) is 0 Å². The van der Waals surface area contributed by atoms with E-state index in [0.29, 0.717) is 11.6 Å². The van der Waals surface area contributed by atoms with E-state index in [0.717, 1.165) is 28.1 Å². The minimum atomic E-state index is -0.520. The normalized spacial score (nSPS) is 10.4. The predicted octanol–water partition coefficient (Wildman–Crippen LogP) is 5.34. The van der Waals surface area contributed by atoms with E-state index < -0.39 is 6.09 Å². The van der Waals surface area contributed by atoms with Crippen LogP contribution in [0, 0.1) is 6.92 Å². The molecule has 0 spiro atoms. The summed E-state index contributed by atoms with van der Waals surface area (Å²) < 4.78 is 5.28. The molecule has 0 aliphatic carbocycles. The van der Waals surface area contributed by atoms with Crippen LogP contribution in [0.5, 0.6) is 0 Å². The molecule has 2 N–H and O–H groups in total. The van der Waals surface area contributed by atoms with Crippen LogP contribution >= 0.6 is 0 Å². The van der Waals surface area contributed by atoms with Crippen molar-refractivity contribution in [3.05, 3.63) is 96.4 Å². The molecule has 0 atom stereocenters. The first-order valence-corrected chi connectivity index (χ1v) is 9.76. The van der Waals surface area contributed by atoms with Crippen molar-refractivity contribution in [1.29, 1.82) is 0 Å². The molecule has 7 nitrogen and oxygen atoms in total. The zero-order valence-corrected chi connectivity index (χ0v) is 16.9. The van der Waals surface area contributed by atoms with Crippen molar-refractivity contribution in [3.63, 3.8) is 0 Å². The lowest BCUT2D eigenvalue weighted by Crippen LogP contribution is -2.13. The third-order valence-electron chi connectivity index (χ3n) is 4.56. The molecule has 2 heterocycles. The van der Waals surface area contributed by atoms with Gasteiger partial charge in [0.05, 0.1) is 5.69 Å². The van der Waals surface area contributed by atoms with Crippen LogP contribution in [-0.2, 0) is 11.3 Å². The average Bonchev–Trinajstić information content (AvgIpc) is 2.81. The van der Waals surface area contributed by atoms with Gasteiger partial charge in [0.1, 0.15) is 6.61 Å². The summed E-state index contributed by atoms with van der Waals surface area (Å²) in [6, 6.07) is 20.7. The number of amides is 1. The van der Waals surface area contributed by atoms with E-state index in [1.165, 1.54) is 0 Å². The van der Waals surface area contributed by atoms with Gasteiger partial charge in [-0.15, -0.1) is 0 Å². The average molecular weight is 411 g/mol. The van der Waals surface area contributed by atoms with Crippen molar-refractivity contribution >= 4 is 23.4 Å². The highest BCUT2D eigenvalue weighted by Gasteiger charge is 2.08. The predicted molar refractivity (Wildman–Crippen MR) is 120 cm³/mol. The lowest BCUT2D eigenvalue weighted by molar-refractivity contribution is 0.155. The van der Waals surface area contributed by atoms with Crippen molar-refractivity contribution < 1.29 is 9.53 Å². The molecule has 154 valence electrons. The Bertz CT molecular complexity index is 1170. The number of anilines is 3. The summed E-state index contributed by atoms with van der Waals surface area (Å²) in [5.41, 5.74) is 4.97. The van der Waals surface area contributed by atoms with Crippen LogP contribution in [0.25, 0.3) is 11.3 Å². The molecule has 0 saturated heterocycles. The van der Waals surface area contributed by atoms with Crippen LogP contribution in [0.4, 0.5) is 22.1 Å². The number of aromatic nitrogens is 3. The molecule has 0 bridgehead atoms. The molecule has 2 aromatic carbocycles. The molecular formula is C24H21N5O2. The maximum Gasteiger partial charge on any atom is 0.411 e. The van der Waals surface area contributed by atoms with Gasteiger partial charge in [-0.05, 0) is 48.4 Å². The van der Waals surface area contributed by atoms with Gasteiger partial charge in [-0.2, -0.15) is 0 Å². The van der Waals surface area contributed by atoms with Gasteiger partial charge in [0.15, 0.2) is 0 Å². The number of hydrogen-bond acceptors (Lipinski definition) is 6. The van der Waals surface area contributed by atoms with E-state index in [-0.39, 0.29) is 6.61 Å². The van der Waals surface area contributed by atoms with E-state index in [1.807, 2.05) is 73.7 Å². The fraction of sp³-hybridized carbons (Fsp3) is 0.0833. The molecule has 1 amide bonds. The van der Waals surface area contributed by atoms with Crippen LogP contribution in [0.15, 0.2) is 85.3 Å². The Hall–Kier alpha value is -4.26. The second kappa shape index (κ2) is 9.49. The van der Waals surface area contributed by atoms with Crippen LogP contribution in [0.3, 0.4) is 0 Å². The topological polar surface area (TPSA) is 89.0 Å². The number of carbonyl (C=O) groups excluding carboxylic acids is 1. The Morgan fingerprint density at radius 3 is 2.68 bits per heavy atom. The molecule has 31 heavy (non-hydrogen) atoms. The van der Waals surface area contributed by atoms with E-state index in [2.05, 4.69) is 25.6 Å². The number of ether oxygens (including phenoxy) is 1. The highest BCUT2D eigenvalue weighted by atomic mass is 16.5. The summed E-state index contributed by atoms with van der Waals surface area (Å²) in [4.78, 5) is 25.1. The number of carbonyl (C=O) groups is 1. The zero-order chi connectivity index (χ0) is 21.5. The van der Waals surface area contributed by atoms with Gasteiger partial charge in [0.2, 0.25) is 5.95 Å². The number of nitrogens with one attached hydrogen (secondary N) is 2. The Morgan fingerprint density at radius 1 is 1.00 bits per heavy atom. The first-order chi connectivity index (χ1) is 15.2. The molecular weight excluding hydrogens is 390 g/mol. The molecule has 0 aliphatic heterocycles. The van der Waals surface area contributed by atoms with Gasteiger partial charge in [0, 0.05) is 35.5 Å². The largest absolute Gasteiger partial charge is 0.444 e. The molecule has 0 saturated carbocycles. The minimum absolute atomic E-state index is 0.207. The van der Waals surface area contributed by atoms with E-state index in [4.69, 9.17) is 4.74 Å². The number of hydrogen-bond donors (Lipinski definition) is 2. The highest BCUT2D eigenvalue weighted by molar-refractivity contribution is 5.86. The Labute approximate surface area is 180 Å². The standard InChI is InChI=1S/C24H21N5O2/c1-17-9-10-20(27-24(30)31-16-18-6-3-2-4-7-18)14-22(17)29-23-26-13-11-21(28-23)19-8-5-12-25-15-19/h2-15H,16H2,1H3,(H,27,30)(H,26,28,29). The lowest BCUT2D eigenvalue weighted by Gasteiger charge is -2.12. The third kappa shape index (κ3) is 5.42. The van der Waals surface area contributed by atoms with Crippen LogP contribution < -0.4 is 10.6 Å². The smallest absolute Gasteiger partial charge is 0.411 e. The second-order valence-electron chi connectivity index (χ2n) is 6.85. The minimum Gasteiger partial charge on any atom is -0.444 e. The molecule has 0 radical (unpaired) electrons. The fourth-order valence-corrected chi connectivity index (χ4v) is 2.93. The van der Waals surface area contributed by atoms with Gasteiger partial charge in [-0.1, -0.05) is 36.4 Å². The number of pyridine rings is 1. The Balaban J connectivity index is 1.44. The van der Waals surface area contributed by atoms with Crippen molar-refractivity contribution in [1.82, 2.24) is 15.0 Å². The number of benzene rings is 2. The molecule has 7 heteroatoms. The van der Waals surface area contributed by atoms with Gasteiger partial charge < -0.3 is 10.1 Å². The molecule has 0 unspecified atom stereocenters. The Morgan fingerprint density at radius 2 is 1.87 bits per heavy atom. The summed E-state index contributed by atoms with van der Waals surface area (Å²) in [7, 11) is 0.